The van der Waals surface area contributed by atoms with Crippen LogP contribution in [0.5, 0.6) is 0 Å². The lowest BCUT2D eigenvalue weighted by Gasteiger charge is -2.03. The molecule has 0 unspecified atom stereocenters. The van der Waals surface area contributed by atoms with Crippen LogP contribution < -0.4 is 5.32 Å². The van der Waals surface area contributed by atoms with E-state index in [1.807, 2.05) is 18.7 Å². The highest BCUT2D eigenvalue weighted by Gasteiger charge is 2.06. The predicted molar refractivity (Wildman–Crippen MR) is 99.2 cm³/mol. The molecule has 1 heterocycles. The second-order valence-corrected chi connectivity index (χ2v) is 7.07. The fraction of sp³-hybridized carbons (Fsp3) is 0.353. The maximum Gasteiger partial charge on any atom is 0.184 e. The van der Waals surface area contributed by atoms with Gasteiger partial charge < -0.3 is 10.1 Å². The van der Waals surface area contributed by atoms with Crippen LogP contribution in [0.1, 0.15) is 13.3 Å². The molecule has 0 fully saturated rings. The second-order valence-electron chi connectivity index (χ2n) is 4.93. The number of rotatable bonds is 8. The van der Waals surface area contributed by atoms with Crippen molar-refractivity contribution < 1.29 is 4.74 Å². The summed E-state index contributed by atoms with van der Waals surface area (Å²) in [5, 5.41) is 6.90. The molecule has 0 aliphatic carbocycles. The molecule has 0 aliphatic rings. The fourth-order valence-corrected chi connectivity index (χ4v) is 4.00. The lowest BCUT2D eigenvalue weighted by atomic mass is 10.1. The Morgan fingerprint density at radius 1 is 1.23 bits per heavy atom. The number of ether oxygens (including phenoxy) is 1. The summed E-state index contributed by atoms with van der Waals surface area (Å²) in [5.74, 6) is 2.00. The molecular formula is C17H20N2OS2. The van der Waals surface area contributed by atoms with Crippen molar-refractivity contribution in [2.24, 2.45) is 0 Å². The van der Waals surface area contributed by atoms with Gasteiger partial charge in [-0.2, -0.15) is 0 Å². The van der Waals surface area contributed by atoms with Gasteiger partial charge in [-0.15, -0.1) is 11.8 Å². The van der Waals surface area contributed by atoms with Crippen molar-refractivity contribution in [3.63, 3.8) is 0 Å². The van der Waals surface area contributed by atoms with Crippen LogP contribution in [0.25, 0.3) is 21.0 Å². The minimum Gasteiger partial charge on any atom is -0.382 e. The van der Waals surface area contributed by atoms with E-state index in [0.717, 1.165) is 41.9 Å². The third-order valence-corrected chi connectivity index (χ3v) is 5.29. The minimum atomic E-state index is 0.808. The molecule has 3 rings (SSSR count). The van der Waals surface area contributed by atoms with Crippen LogP contribution in [0.2, 0.25) is 0 Å². The lowest BCUT2D eigenvalue weighted by molar-refractivity contribution is 0.149. The SMILES string of the molecule is CCOCCCSCNc1nc2c(ccc3ccccc32)s1. The smallest absolute Gasteiger partial charge is 0.184 e. The second kappa shape index (κ2) is 7.81. The standard InChI is InChI=1S/C17H20N2OS2/c1-2-20-10-5-11-21-12-18-17-19-16-14-7-4-3-6-13(14)8-9-15(16)22-17/h3-4,6-9H,2,5,10-12H2,1H3,(H,18,19). The normalized spacial score (nSPS) is 11.3. The summed E-state index contributed by atoms with van der Waals surface area (Å²) in [4.78, 5) is 4.76. The van der Waals surface area contributed by atoms with Crippen molar-refractivity contribution in [2.45, 2.75) is 13.3 Å². The van der Waals surface area contributed by atoms with Crippen molar-refractivity contribution >= 4 is 49.2 Å². The zero-order valence-electron chi connectivity index (χ0n) is 12.7. The summed E-state index contributed by atoms with van der Waals surface area (Å²) in [7, 11) is 0. The van der Waals surface area contributed by atoms with Gasteiger partial charge in [0.05, 0.1) is 16.1 Å². The summed E-state index contributed by atoms with van der Waals surface area (Å²) in [6, 6.07) is 12.7. The number of aromatic nitrogens is 1. The maximum absolute atomic E-state index is 5.34. The Morgan fingerprint density at radius 2 is 2.14 bits per heavy atom. The largest absolute Gasteiger partial charge is 0.382 e. The molecule has 0 amide bonds. The van der Waals surface area contributed by atoms with Gasteiger partial charge in [0.2, 0.25) is 0 Å². The molecule has 5 heteroatoms. The summed E-state index contributed by atoms with van der Waals surface area (Å²) in [6.45, 7) is 3.70. The Labute approximate surface area is 139 Å². The Morgan fingerprint density at radius 3 is 3.05 bits per heavy atom. The van der Waals surface area contributed by atoms with Crippen molar-refractivity contribution in [1.29, 1.82) is 0 Å². The molecule has 0 radical (unpaired) electrons. The Kier molecular flexibility index (Phi) is 5.53. The van der Waals surface area contributed by atoms with Gasteiger partial charge in [-0.05, 0) is 30.6 Å². The van der Waals surface area contributed by atoms with E-state index in [2.05, 4.69) is 41.7 Å². The molecule has 0 saturated heterocycles. The van der Waals surface area contributed by atoms with Crippen molar-refractivity contribution in [3.8, 4) is 0 Å². The number of nitrogens with one attached hydrogen (secondary N) is 1. The van der Waals surface area contributed by atoms with Crippen LogP contribution >= 0.6 is 23.1 Å². The van der Waals surface area contributed by atoms with Gasteiger partial charge in [-0.3, -0.25) is 0 Å². The van der Waals surface area contributed by atoms with E-state index in [0.29, 0.717) is 0 Å². The summed E-state index contributed by atoms with van der Waals surface area (Å²) >= 11 is 3.61. The van der Waals surface area contributed by atoms with Crippen molar-refractivity contribution in [2.75, 3.05) is 30.2 Å². The third kappa shape index (κ3) is 3.72. The van der Waals surface area contributed by atoms with E-state index in [4.69, 9.17) is 9.72 Å². The molecule has 0 spiro atoms. The first kappa shape index (κ1) is 15.6. The third-order valence-electron chi connectivity index (χ3n) is 3.39. The highest BCUT2D eigenvalue weighted by atomic mass is 32.2. The van der Waals surface area contributed by atoms with Gasteiger partial charge in [0.1, 0.15) is 0 Å². The minimum absolute atomic E-state index is 0.808. The van der Waals surface area contributed by atoms with E-state index in [-0.39, 0.29) is 0 Å². The number of fused-ring (bicyclic) bond motifs is 3. The van der Waals surface area contributed by atoms with E-state index in [1.54, 1.807) is 11.3 Å². The molecule has 0 atom stereocenters. The van der Waals surface area contributed by atoms with Gasteiger partial charge in [0.15, 0.2) is 5.13 Å². The maximum atomic E-state index is 5.34. The highest BCUT2D eigenvalue weighted by Crippen LogP contribution is 2.31. The van der Waals surface area contributed by atoms with Gasteiger partial charge in [-0.1, -0.05) is 41.7 Å². The van der Waals surface area contributed by atoms with Crippen LogP contribution in [-0.4, -0.2) is 29.8 Å². The zero-order chi connectivity index (χ0) is 15.2. The number of thioether (sulfide) groups is 1. The monoisotopic (exact) mass is 332 g/mol. The quantitative estimate of drug-likeness (QED) is 0.466. The van der Waals surface area contributed by atoms with Gasteiger partial charge in [0, 0.05) is 18.6 Å². The van der Waals surface area contributed by atoms with Crippen LogP contribution in [-0.2, 0) is 4.74 Å². The average Bonchev–Trinajstić information content (AvgIpc) is 2.97. The van der Waals surface area contributed by atoms with Crippen LogP contribution in [0, 0.1) is 0 Å². The lowest BCUT2D eigenvalue weighted by Crippen LogP contribution is -2.00. The number of anilines is 1. The molecule has 2 aromatic carbocycles. The van der Waals surface area contributed by atoms with Crippen molar-refractivity contribution in [3.05, 3.63) is 36.4 Å². The molecule has 0 aliphatic heterocycles. The number of thiazole rings is 1. The van der Waals surface area contributed by atoms with Crippen LogP contribution in [0.15, 0.2) is 36.4 Å². The number of hydrogen-bond acceptors (Lipinski definition) is 5. The first-order valence-corrected chi connectivity index (χ1v) is 9.53. The first-order valence-electron chi connectivity index (χ1n) is 7.56. The molecule has 116 valence electrons. The van der Waals surface area contributed by atoms with Crippen molar-refractivity contribution in [1.82, 2.24) is 4.98 Å². The fourth-order valence-electron chi connectivity index (χ4n) is 2.33. The predicted octanol–water partition coefficient (Wildman–Crippen LogP) is 4.98. The molecule has 1 aromatic heterocycles. The van der Waals surface area contributed by atoms with Gasteiger partial charge in [0.25, 0.3) is 0 Å². The van der Waals surface area contributed by atoms with Gasteiger partial charge in [-0.25, -0.2) is 4.98 Å². The molecule has 1 N–H and O–H groups in total. The summed E-state index contributed by atoms with van der Waals surface area (Å²) in [6.07, 6.45) is 1.10. The van der Waals surface area contributed by atoms with Crippen LogP contribution in [0.3, 0.4) is 0 Å². The molecule has 0 bridgehead atoms. The van der Waals surface area contributed by atoms with Crippen LogP contribution in [0.4, 0.5) is 5.13 Å². The Hall–Kier alpha value is -1.30. The molecular weight excluding hydrogens is 312 g/mol. The molecule has 3 aromatic rings. The van der Waals surface area contributed by atoms with E-state index in [9.17, 15) is 0 Å². The average molecular weight is 332 g/mol. The number of nitrogens with zero attached hydrogens (tertiary/aromatic N) is 1. The number of hydrogen-bond donors (Lipinski definition) is 1. The van der Waals surface area contributed by atoms with Gasteiger partial charge >= 0.3 is 0 Å². The summed E-state index contributed by atoms with van der Waals surface area (Å²) in [5.41, 5.74) is 1.10. The first-order chi connectivity index (χ1) is 10.9. The van der Waals surface area contributed by atoms with E-state index >= 15 is 0 Å². The van der Waals surface area contributed by atoms with E-state index in [1.165, 1.54) is 15.5 Å². The molecule has 3 nitrogen and oxygen atoms in total. The highest BCUT2D eigenvalue weighted by molar-refractivity contribution is 7.99. The van der Waals surface area contributed by atoms with E-state index < -0.39 is 0 Å². The summed E-state index contributed by atoms with van der Waals surface area (Å²) < 4.78 is 6.57. The number of benzene rings is 2. The Bertz CT molecular complexity index is 742. The zero-order valence-corrected chi connectivity index (χ0v) is 14.3. The molecule has 22 heavy (non-hydrogen) atoms. The Balaban J connectivity index is 1.59. The molecule has 0 saturated carbocycles. The topological polar surface area (TPSA) is 34.1 Å².